The van der Waals surface area contributed by atoms with Crippen LogP contribution in [-0.4, -0.2) is 41.4 Å². The molecule has 1 saturated heterocycles. The average Bonchev–Trinajstić information content (AvgIpc) is 3.31. The van der Waals surface area contributed by atoms with Gasteiger partial charge in [-0.05, 0) is 42.4 Å². The zero-order valence-corrected chi connectivity index (χ0v) is 20.1. The highest BCUT2D eigenvalue weighted by Crippen LogP contribution is 2.37. The van der Waals surface area contributed by atoms with Gasteiger partial charge < -0.3 is 9.32 Å². The van der Waals surface area contributed by atoms with E-state index in [4.69, 9.17) is 4.42 Å². The van der Waals surface area contributed by atoms with Crippen LogP contribution in [0.4, 0.5) is 13.2 Å². The van der Waals surface area contributed by atoms with Gasteiger partial charge in [-0.2, -0.15) is 13.2 Å². The van der Waals surface area contributed by atoms with Gasteiger partial charge in [0.05, 0.1) is 6.04 Å². The second-order valence-electron chi connectivity index (χ2n) is 10.1. The quantitative estimate of drug-likeness (QED) is 0.476. The fourth-order valence-electron chi connectivity index (χ4n) is 5.54. The Balaban J connectivity index is 1.56. The van der Waals surface area contributed by atoms with E-state index in [0.29, 0.717) is 32.0 Å². The summed E-state index contributed by atoms with van der Waals surface area (Å²) in [6.45, 7) is 5.98. The lowest BCUT2D eigenvalue weighted by Crippen LogP contribution is -2.58. The zero-order chi connectivity index (χ0) is 24.3. The van der Waals surface area contributed by atoms with Gasteiger partial charge in [0.2, 0.25) is 11.7 Å². The standard InChI is InChI=1S/C27H35F3N2O2/c1-19(2)22-18-31(15-16-32(22)25(33)17-20-9-5-3-6-10-20)26(21-11-7-4-8-12-21)23-13-14-24(34-23)27(28,29)30/h4,7-8,11-14,19-20,22,26H,3,5-6,9-10,15-18H2,1-2H3/t22-,26?/m1/s1. The summed E-state index contributed by atoms with van der Waals surface area (Å²) in [6.07, 6.45) is 2.04. The van der Waals surface area contributed by atoms with Gasteiger partial charge in [-0.15, -0.1) is 0 Å². The average molecular weight is 477 g/mol. The first kappa shape index (κ1) is 24.8. The molecule has 2 heterocycles. The highest BCUT2D eigenvalue weighted by Gasteiger charge is 2.39. The highest BCUT2D eigenvalue weighted by molar-refractivity contribution is 5.77. The van der Waals surface area contributed by atoms with Crippen LogP contribution < -0.4 is 0 Å². The van der Waals surface area contributed by atoms with Crippen LogP contribution in [0, 0.1) is 11.8 Å². The SMILES string of the molecule is CC(C)[C@H]1CN(C(c2ccccc2)c2ccc(C(F)(F)F)o2)CCN1C(=O)CC1CCCCC1. The number of amides is 1. The van der Waals surface area contributed by atoms with Crippen molar-refractivity contribution in [2.75, 3.05) is 19.6 Å². The predicted octanol–water partition coefficient (Wildman–Crippen LogP) is 6.53. The van der Waals surface area contributed by atoms with Crippen molar-refractivity contribution in [3.05, 3.63) is 59.5 Å². The van der Waals surface area contributed by atoms with Crippen LogP contribution in [0.25, 0.3) is 0 Å². The molecule has 1 aliphatic carbocycles. The van der Waals surface area contributed by atoms with Crippen molar-refractivity contribution in [3.8, 4) is 0 Å². The van der Waals surface area contributed by atoms with E-state index < -0.39 is 18.0 Å². The van der Waals surface area contributed by atoms with E-state index in [1.807, 2.05) is 35.2 Å². The maximum atomic E-state index is 13.3. The van der Waals surface area contributed by atoms with E-state index in [9.17, 15) is 18.0 Å². The number of nitrogens with zero attached hydrogens (tertiary/aromatic N) is 2. The lowest BCUT2D eigenvalue weighted by molar-refractivity contribution is -0.154. The molecule has 2 aliphatic rings. The van der Waals surface area contributed by atoms with Crippen LogP contribution in [-0.2, 0) is 11.0 Å². The van der Waals surface area contributed by atoms with Gasteiger partial charge >= 0.3 is 6.18 Å². The van der Waals surface area contributed by atoms with Gasteiger partial charge in [-0.1, -0.05) is 63.4 Å². The number of furan rings is 1. The first-order valence-corrected chi connectivity index (χ1v) is 12.5. The third-order valence-corrected chi connectivity index (χ3v) is 7.38. The molecule has 2 fully saturated rings. The minimum absolute atomic E-state index is 0.00750. The summed E-state index contributed by atoms with van der Waals surface area (Å²) < 4.78 is 45.1. The molecule has 1 unspecified atom stereocenters. The molecule has 34 heavy (non-hydrogen) atoms. The highest BCUT2D eigenvalue weighted by atomic mass is 19.4. The molecular weight excluding hydrogens is 441 g/mol. The van der Waals surface area contributed by atoms with Crippen molar-refractivity contribution in [2.45, 2.75) is 70.6 Å². The molecule has 0 radical (unpaired) electrons. The van der Waals surface area contributed by atoms with Crippen LogP contribution in [0.1, 0.15) is 75.5 Å². The first-order chi connectivity index (χ1) is 16.2. The molecule has 1 aliphatic heterocycles. The topological polar surface area (TPSA) is 36.7 Å². The largest absolute Gasteiger partial charge is 0.454 e. The van der Waals surface area contributed by atoms with Crippen molar-refractivity contribution in [1.82, 2.24) is 9.80 Å². The summed E-state index contributed by atoms with van der Waals surface area (Å²) in [7, 11) is 0. The number of carbonyl (C=O) groups excluding carboxylic acids is 1. The Hall–Kier alpha value is -2.28. The fraction of sp³-hybridized carbons (Fsp3) is 0.593. The van der Waals surface area contributed by atoms with Gasteiger partial charge in [0.15, 0.2) is 0 Å². The number of benzene rings is 1. The molecule has 2 aromatic rings. The Labute approximate surface area is 200 Å². The van der Waals surface area contributed by atoms with Crippen LogP contribution in [0.2, 0.25) is 0 Å². The minimum Gasteiger partial charge on any atom is -0.454 e. The summed E-state index contributed by atoms with van der Waals surface area (Å²) >= 11 is 0. The van der Waals surface area contributed by atoms with Gasteiger partial charge in [0, 0.05) is 32.1 Å². The van der Waals surface area contributed by atoms with E-state index in [0.717, 1.165) is 24.5 Å². The molecule has 0 bridgehead atoms. The molecule has 0 spiro atoms. The van der Waals surface area contributed by atoms with E-state index in [-0.39, 0.29) is 23.6 Å². The van der Waals surface area contributed by atoms with Gasteiger partial charge in [-0.25, -0.2) is 0 Å². The van der Waals surface area contributed by atoms with Crippen LogP contribution >= 0.6 is 0 Å². The van der Waals surface area contributed by atoms with Gasteiger partial charge in [0.25, 0.3) is 0 Å². The number of carbonyl (C=O) groups is 1. The van der Waals surface area contributed by atoms with Crippen molar-refractivity contribution >= 4 is 5.91 Å². The zero-order valence-electron chi connectivity index (χ0n) is 20.1. The summed E-state index contributed by atoms with van der Waals surface area (Å²) in [6, 6.07) is 11.5. The summed E-state index contributed by atoms with van der Waals surface area (Å²) in [5.41, 5.74) is 0.884. The van der Waals surface area contributed by atoms with Crippen molar-refractivity contribution in [3.63, 3.8) is 0 Å². The Morgan fingerprint density at radius 2 is 1.74 bits per heavy atom. The van der Waals surface area contributed by atoms with Gasteiger partial charge in [-0.3, -0.25) is 9.69 Å². The van der Waals surface area contributed by atoms with Crippen LogP contribution in [0.15, 0.2) is 46.9 Å². The fourth-order valence-corrected chi connectivity index (χ4v) is 5.54. The molecule has 186 valence electrons. The molecule has 4 rings (SSSR count). The Bertz CT molecular complexity index is 935. The minimum atomic E-state index is -4.52. The summed E-state index contributed by atoms with van der Waals surface area (Å²) in [5.74, 6) is 0.233. The lowest BCUT2D eigenvalue weighted by atomic mass is 9.86. The Morgan fingerprint density at radius 1 is 1.03 bits per heavy atom. The number of alkyl halides is 3. The number of rotatable bonds is 6. The van der Waals surface area contributed by atoms with Crippen LogP contribution in [0.3, 0.4) is 0 Å². The molecule has 4 nitrogen and oxygen atoms in total. The van der Waals surface area contributed by atoms with Gasteiger partial charge in [0.1, 0.15) is 5.76 Å². The van der Waals surface area contributed by atoms with Crippen molar-refractivity contribution in [2.24, 2.45) is 11.8 Å². The molecule has 1 aromatic heterocycles. The van der Waals surface area contributed by atoms with E-state index in [1.165, 1.54) is 25.3 Å². The molecular formula is C27H35F3N2O2. The molecule has 1 amide bonds. The summed E-state index contributed by atoms with van der Waals surface area (Å²) in [4.78, 5) is 17.5. The molecule has 1 saturated carbocycles. The van der Waals surface area contributed by atoms with Crippen molar-refractivity contribution in [1.29, 1.82) is 0 Å². The maximum absolute atomic E-state index is 13.3. The van der Waals surface area contributed by atoms with E-state index in [1.54, 1.807) is 0 Å². The number of halogens is 3. The lowest BCUT2D eigenvalue weighted by Gasteiger charge is -2.46. The first-order valence-electron chi connectivity index (χ1n) is 12.5. The Morgan fingerprint density at radius 3 is 2.35 bits per heavy atom. The smallest absolute Gasteiger partial charge is 0.449 e. The second kappa shape index (κ2) is 10.5. The third-order valence-electron chi connectivity index (χ3n) is 7.38. The summed E-state index contributed by atoms with van der Waals surface area (Å²) in [5, 5.41) is 0. The molecule has 7 heteroatoms. The Kier molecular flexibility index (Phi) is 7.70. The monoisotopic (exact) mass is 476 g/mol. The molecule has 2 atom stereocenters. The number of piperazine rings is 1. The number of hydrogen-bond acceptors (Lipinski definition) is 3. The predicted molar refractivity (Wildman–Crippen MR) is 125 cm³/mol. The third kappa shape index (κ3) is 5.68. The molecule has 1 aromatic carbocycles. The van der Waals surface area contributed by atoms with E-state index >= 15 is 0 Å². The van der Waals surface area contributed by atoms with Crippen molar-refractivity contribution < 1.29 is 22.4 Å². The normalized spacial score (nSPS) is 21.7. The van der Waals surface area contributed by atoms with E-state index in [2.05, 4.69) is 18.7 Å². The molecule has 0 N–H and O–H groups in total. The number of hydrogen-bond donors (Lipinski definition) is 0. The maximum Gasteiger partial charge on any atom is 0.449 e. The van der Waals surface area contributed by atoms with Crippen LogP contribution in [0.5, 0.6) is 0 Å². The second-order valence-corrected chi connectivity index (χ2v) is 10.1.